The number of anilines is 1. The highest BCUT2D eigenvalue weighted by Gasteiger charge is 2.49. The predicted octanol–water partition coefficient (Wildman–Crippen LogP) is 5.80. The quantitative estimate of drug-likeness (QED) is 0.401. The SMILES string of the molecule is C[C@H]1CCCN1C(=O)c1nc(C(=O)NC2CCC2)sc1-c1cnc(NC(C2CC2)C(F)(F)F)cc1C(F)F. The number of pyridine rings is 1. The van der Waals surface area contributed by atoms with Crippen LogP contribution >= 0.6 is 11.3 Å². The minimum absolute atomic E-state index is 0.00398. The van der Waals surface area contributed by atoms with Crippen molar-refractivity contribution >= 4 is 29.0 Å². The van der Waals surface area contributed by atoms with Crippen molar-refractivity contribution in [1.82, 2.24) is 20.2 Å². The lowest BCUT2D eigenvalue weighted by Crippen LogP contribution is -2.39. The van der Waals surface area contributed by atoms with E-state index in [0.717, 1.165) is 55.7 Å². The third kappa shape index (κ3) is 5.48. The van der Waals surface area contributed by atoms with Crippen molar-refractivity contribution in [3.63, 3.8) is 0 Å². The largest absolute Gasteiger partial charge is 0.408 e. The Labute approximate surface area is 220 Å². The number of alkyl halides is 5. The second-order valence-electron chi connectivity index (χ2n) is 10.2. The van der Waals surface area contributed by atoms with E-state index in [1.165, 1.54) is 0 Å². The van der Waals surface area contributed by atoms with E-state index in [9.17, 15) is 31.5 Å². The first-order valence-electron chi connectivity index (χ1n) is 12.8. The predicted molar refractivity (Wildman–Crippen MR) is 131 cm³/mol. The molecule has 0 spiro atoms. The van der Waals surface area contributed by atoms with Gasteiger partial charge in [0.1, 0.15) is 17.6 Å². The zero-order valence-corrected chi connectivity index (χ0v) is 21.5. The first-order chi connectivity index (χ1) is 18.0. The minimum Gasteiger partial charge on any atom is -0.358 e. The highest BCUT2D eigenvalue weighted by molar-refractivity contribution is 7.17. The molecular formula is C25H28F5N5O2S. The number of carbonyl (C=O) groups is 2. The first-order valence-corrected chi connectivity index (χ1v) is 13.6. The van der Waals surface area contributed by atoms with Gasteiger partial charge in [0.05, 0.1) is 4.88 Å². The number of hydrogen-bond donors (Lipinski definition) is 2. The molecule has 0 aromatic carbocycles. The highest BCUT2D eigenvalue weighted by atomic mass is 32.1. The number of halogens is 5. The molecule has 0 radical (unpaired) electrons. The fraction of sp³-hybridized carbons (Fsp3) is 0.600. The fourth-order valence-electron chi connectivity index (χ4n) is 4.89. The molecule has 2 saturated carbocycles. The van der Waals surface area contributed by atoms with E-state index in [0.29, 0.717) is 19.4 Å². The topological polar surface area (TPSA) is 87.2 Å². The molecule has 3 heterocycles. The van der Waals surface area contributed by atoms with Crippen LogP contribution in [0.15, 0.2) is 12.3 Å². The van der Waals surface area contributed by atoms with Crippen LogP contribution in [-0.4, -0.2) is 57.5 Å². The molecule has 2 amide bonds. The van der Waals surface area contributed by atoms with E-state index in [-0.39, 0.29) is 39.0 Å². The van der Waals surface area contributed by atoms with E-state index in [1.54, 1.807) is 4.90 Å². The number of nitrogens with zero attached hydrogens (tertiary/aromatic N) is 3. The number of thiazole rings is 1. The maximum Gasteiger partial charge on any atom is 0.408 e. The lowest BCUT2D eigenvalue weighted by Gasteiger charge is -2.25. The van der Waals surface area contributed by atoms with E-state index in [4.69, 9.17) is 0 Å². The Balaban J connectivity index is 1.52. The number of aromatic nitrogens is 2. The Kier molecular flexibility index (Phi) is 7.31. The third-order valence-corrected chi connectivity index (χ3v) is 8.53. The number of likely N-dealkylation sites (tertiary alicyclic amines) is 1. The smallest absolute Gasteiger partial charge is 0.358 e. The number of hydrogen-bond acceptors (Lipinski definition) is 6. The van der Waals surface area contributed by atoms with E-state index < -0.39 is 41.9 Å². The number of rotatable bonds is 8. The van der Waals surface area contributed by atoms with Crippen molar-refractivity contribution in [2.24, 2.45) is 5.92 Å². The summed E-state index contributed by atoms with van der Waals surface area (Å²) in [5.74, 6) is -1.92. The second kappa shape index (κ2) is 10.4. The molecule has 3 fully saturated rings. The van der Waals surface area contributed by atoms with E-state index >= 15 is 0 Å². The molecule has 7 nitrogen and oxygen atoms in total. The maximum absolute atomic E-state index is 14.3. The van der Waals surface area contributed by atoms with Crippen LogP contribution in [0, 0.1) is 5.92 Å². The average Bonchev–Trinajstić information content (AvgIpc) is 3.41. The van der Waals surface area contributed by atoms with Crippen molar-refractivity contribution in [2.75, 3.05) is 11.9 Å². The lowest BCUT2D eigenvalue weighted by molar-refractivity contribution is -0.146. The van der Waals surface area contributed by atoms with Crippen LogP contribution in [-0.2, 0) is 0 Å². The van der Waals surface area contributed by atoms with Gasteiger partial charge in [-0.1, -0.05) is 0 Å². The molecule has 38 heavy (non-hydrogen) atoms. The zero-order chi connectivity index (χ0) is 27.2. The van der Waals surface area contributed by atoms with Crippen LogP contribution in [0.5, 0.6) is 0 Å². The summed E-state index contributed by atoms with van der Waals surface area (Å²) in [6, 6.07) is -1.07. The highest BCUT2D eigenvalue weighted by Crippen LogP contribution is 2.43. The molecule has 1 aliphatic heterocycles. The van der Waals surface area contributed by atoms with Gasteiger partial charge in [-0.3, -0.25) is 9.59 Å². The van der Waals surface area contributed by atoms with Gasteiger partial charge in [-0.15, -0.1) is 11.3 Å². The summed E-state index contributed by atoms with van der Waals surface area (Å²) < 4.78 is 69.0. The molecule has 2 N–H and O–H groups in total. The van der Waals surface area contributed by atoms with Crippen molar-refractivity contribution in [1.29, 1.82) is 0 Å². The van der Waals surface area contributed by atoms with Crippen LogP contribution < -0.4 is 10.6 Å². The van der Waals surface area contributed by atoms with Crippen molar-refractivity contribution < 1.29 is 31.5 Å². The third-order valence-electron chi connectivity index (χ3n) is 7.44. The first kappa shape index (κ1) is 26.8. The Bertz CT molecular complexity index is 1210. The zero-order valence-electron chi connectivity index (χ0n) is 20.7. The monoisotopic (exact) mass is 557 g/mol. The summed E-state index contributed by atoms with van der Waals surface area (Å²) in [5, 5.41) is 5.09. The second-order valence-corrected chi connectivity index (χ2v) is 11.2. The van der Waals surface area contributed by atoms with Gasteiger partial charge in [0.2, 0.25) is 0 Å². The number of amides is 2. The molecule has 3 aliphatic rings. The molecule has 2 aliphatic carbocycles. The minimum atomic E-state index is -4.56. The van der Waals surface area contributed by atoms with Gasteiger partial charge in [-0.2, -0.15) is 13.2 Å². The summed E-state index contributed by atoms with van der Waals surface area (Å²) in [4.78, 5) is 36.2. The van der Waals surface area contributed by atoms with Crippen molar-refractivity contribution in [3.8, 4) is 10.4 Å². The lowest BCUT2D eigenvalue weighted by atomic mass is 9.93. The van der Waals surface area contributed by atoms with Gasteiger partial charge < -0.3 is 15.5 Å². The average molecular weight is 558 g/mol. The molecule has 2 aromatic heterocycles. The van der Waals surface area contributed by atoms with Crippen molar-refractivity contribution in [3.05, 3.63) is 28.5 Å². The van der Waals surface area contributed by atoms with Crippen LogP contribution in [0.2, 0.25) is 0 Å². The Hall–Kier alpha value is -2.83. The Morgan fingerprint density at radius 3 is 2.42 bits per heavy atom. The van der Waals surface area contributed by atoms with Crippen LogP contribution in [0.25, 0.3) is 10.4 Å². The summed E-state index contributed by atoms with van der Waals surface area (Å²) in [6.45, 7) is 2.36. The van der Waals surface area contributed by atoms with Gasteiger partial charge >= 0.3 is 6.18 Å². The molecule has 2 atom stereocenters. The molecule has 13 heteroatoms. The van der Waals surface area contributed by atoms with E-state index in [1.807, 2.05) is 6.92 Å². The maximum atomic E-state index is 14.3. The van der Waals surface area contributed by atoms with Gasteiger partial charge in [-0.05, 0) is 63.9 Å². The summed E-state index contributed by atoms with van der Waals surface area (Å²) in [7, 11) is 0. The van der Waals surface area contributed by atoms with Crippen LogP contribution in [0.1, 0.15) is 84.1 Å². The molecular weight excluding hydrogens is 529 g/mol. The molecule has 206 valence electrons. The normalized spacial score (nSPS) is 20.9. The number of carbonyl (C=O) groups excluding carboxylic acids is 2. The van der Waals surface area contributed by atoms with E-state index in [2.05, 4.69) is 20.6 Å². The van der Waals surface area contributed by atoms with Gasteiger partial charge in [-0.25, -0.2) is 18.7 Å². The molecule has 5 rings (SSSR count). The number of nitrogens with one attached hydrogen (secondary N) is 2. The molecule has 2 aromatic rings. The summed E-state index contributed by atoms with van der Waals surface area (Å²) in [5.41, 5.74) is -0.841. The van der Waals surface area contributed by atoms with Gasteiger partial charge in [0, 0.05) is 36.0 Å². The van der Waals surface area contributed by atoms with Crippen LogP contribution in [0.3, 0.4) is 0 Å². The van der Waals surface area contributed by atoms with Gasteiger partial charge in [0.25, 0.3) is 18.2 Å². The molecule has 1 unspecified atom stereocenters. The molecule has 0 bridgehead atoms. The standard InChI is InChI=1S/C25H28F5N5O2S/c1-12-4-3-9-35(12)24(37)18-19(38-23(34-18)22(36)32-14-5-2-6-14)16-11-31-17(10-15(16)21(26)27)33-20(13-7-8-13)25(28,29)30/h10-14,20-21H,2-9H2,1H3,(H,31,33)(H,32,36)/t12-,20?/m0/s1. The van der Waals surface area contributed by atoms with Crippen LogP contribution in [0.4, 0.5) is 27.8 Å². The fourth-order valence-corrected chi connectivity index (χ4v) is 5.88. The van der Waals surface area contributed by atoms with Crippen molar-refractivity contribution in [2.45, 2.75) is 82.6 Å². The molecule has 1 saturated heterocycles. The Morgan fingerprint density at radius 1 is 1.13 bits per heavy atom. The summed E-state index contributed by atoms with van der Waals surface area (Å²) >= 11 is 0.812. The van der Waals surface area contributed by atoms with Gasteiger partial charge in [0.15, 0.2) is 5.01 Å². The summed E-state index contributed by atoms with van der Waals surface area (Å²) in [6.07, 6.45) is -1.59. The Morgan fingerprint density at radius 2 is 1.87 bits per heavy atom.